The van der Waals surface area contributed by atoms with E-state index in [0.29, 0.717) is 0 Å². The molecule has 0 heterocycles. The summed E-state index contributed by atoms with van der Waals surface area (Å²) in [5, 5.41) is 12.2. The summed E-state index contributed by atoms with van der Waals surface area (Å²) in [7, 11) is 3.81. The molecule has 0 aliphatic heterocycles. The zero-order valence-electron chi connectivity index (χ0n) is 10.8. The van der Waals surface area contributed by atoms with E-state index in [1.807, 2.05) is 0 Å². The van der Waals surface area contributed by atoms with E-state index in [9.17, 15) is 0 Å². The smallest absolute Gasteiger partial charge is 0.0965 e. The first-order valence-electron chi connectivity index (χ1n) is 6.05. The molecule has 0 bridgehead atoms. The van der Waals surface area contributed by atoms with Crippen LogP contribution in [0.15, 0.2) is 0 Å². The summed E-state index contributed by atoms with van der Waals surface area (Å²) in [6.45, 7) is 5.82. The molecule has 0 spiro atoms. The van der Waals surface area contributed by atoms with Gasteiger partial charge in [-0.05, 0) is 32.9 Å². The van der Waals surface area contributed by atoms with Crippen LogP contribution in [0, 0.1) is 11.3 Å². The van der Waals surface area contributed by atoms with Crippen molar-refractivity contribution in [3.63, 3.8) is 0 Å². The monoisotopic (exact) mass is 227 g/mol. The van der Waals surface area contributed by atoms with Crippen LogP contribution in [0.5, 0.6) is 0 Å². The predicted octanol–water partition coefficient (Wildman–Crippen LogP) is 1.24. The third kappa shape index (κ3) is 8.66. The van der Waals surface area contributed by atoms with E-state index in [1.54, 1.807) is 7.11 Å². The molecule has 4 nitrogen and oxygen atoms in total. The lowest BCUT2D eigenvalue weighted by Gasteiger charge is -2.18. The first-order chi connectivity index (χ1) is 7.74. The van der Waals surface area contributed by atoms with Gasteiger partial charge < -0.3 is 15.0 Å². The van der Waals surface area contributed by atoms with Crippen LogP contribution in [0.4, 0.5) is 0 Å². The maximum Gasteiger partial charge on any atom is 0.0965 e. The van der Waals surface area contributed by atoms with Crippen LogP contribution in [-0.4, -0.2) is 51.3 Å². The van der Waals surface area contributed by atoms with E-state index in [2.05, 4.69) is 30.3 Å². The standard InChI is InChI=1S/C12H25N3O/c1-4-7-14-12(11-13)6-9-15(2)8-5-10-16-3/h12,14H,4-10H2,1-3H3. The van der Waals surface area contributed by atoms with Crippen molar-refractivity contribution in [3.8, 4) is 6.07 Å². The summed E-state index contributed by atoms with van der Waals surface area (Å²) in [6, 6.07) is 2.29. The predicted molar refractivity (Wildman–Crippen MR) is 66.3 cm³/mol. The molecular weight excluding hydrogens is 202 g/mol. The zero-order valence-corrected chi connectivity index (χ0v) is 10.8. The molecule has 16 heavy (non-hydrogen) atoms. The highest BCUT2D eigenvalue weighted by Gasteiger charge is 2.07. The molecule has 1 N–H and O–H groups in total. The number of nitrogens with zero attached hydrogens (tertiary/aromatic N) is 2. The Morgan fingerprint density at radius 3 is 2.75 bits per heavy atom. The Balaban J connectivity index is 3.55. The molecule has 0 aliphatic carbocycles. The molecule has 0 aromatic heterocycles. The third-order valence-electron chi connectivity index (χ3n) is 2.48. The molecule has 4 heteroatoms. The fraction of sp³-hybridized carbons (Fsp3) is 0.917. The van der Waals surface area contributed by atoms with Crippen molar-refractivity contribution in [3.05, 3.63) is 0 Å². The third-order valence-corrected chi connectivity index (χ3v) is 2.48. The van der Waals surface area contributed by atoms with Crippen molar-refractivity contribution < 1.29 is 4.74 Å². The Kier molecular flexibility index (Phi) is 10.4. The molecule has 0 saturated carbocycles. The van der Waals surface area contributed by atoms with Crippen LogP contribution in [0.3, 0.4) is 0 Å². The highest BCUT2D eigenvalue weighted by molar-refractivity contribution is 4.89. The van der Waals surface area contributed by atoms with Gasteiger partial charge in [0.25, 0.3) is 0 Å². The van der Waals surface area contributed by atoms with Gasteiger partial charge in [-0.15, -0.1) is 0 Å². The van der Waals surface area contributed by atoms with Gasteiger partial charge in [0, 0.05) is 26.8 Å². The number of ether oxygens (including phenoxy) is 1. The number of hydrogen-bond donors (Lipinski definition) is 1. The number of nitriles is 1. The Bertz CT molecular complexity index is 191. The Hall–Kier alpha value is -0.630. The van der Waals surface area contributed by atoms with Gasteiger partial charge >= 0.3 is 0 Å². The van der Waals surface area contributed by atoms with Crippen LogP contribution in [0.25, 0.3) is 0 Å². The van der Waals surface area contributed by atoms with E-state index in [-0.39, 0.29) is 6.04 Å². The van der Waals surface area contributed by atoms with Gasteiger partial charge in [-0.1, -0.05) is 6.92 Å². The lowest BCUT2D eigenvalue weighted by Crippen LogP contribution is -2.33. The van der Waals surface area contributed by atoms with Crippen molar-refractivity contribution in [2.24, 2.45) is 0 Å². The Labute approximate surface area is 99.6 Å². The Morgan fingerprint density at radius 1 is 1.44 bits per heavy atom. The lowest BCUT2D eigenvalue weighted by molar-refractivity contribution is 0.178. The van der Waals surface area contributed by atoms with Crippen LogP contribution in [0.1, 0.15) is 26.2 Å². The SMILES string of the molecule is CCCNC(C#N)CCN(C)CCCOC. The van der Waals surface area contributed by atoms with Crippen molar-refractivity contribution in [2.45, 2.75) is 32.2 Å². The first kappa shape index (κ1) is 15.4. The van der Waals surface area contributed by atoms with Gasteiger partial charge in [0.1, 0.15) is 0 Å². The summed E-state index contributed by atoms with van der Waals surface area (Å²) in [5.74, 6) is 0. The molecule has 0 aliphatic rings. The van der Waals surface area contributed by atoms with Crippen LogP contribution >= 0.6 is 0 Å². The van der Waals surface area contributed by atoms with E-state index >= 15 is 0 Å². The van der Waals surface area contributed by atoms with Gasteiger partial charge in [-0.3, -0.25) is 0 Å². The molecule has 0 radical (unpaired) electrons. The van der Waals surface area contributed by atoms with Crippen LogP contribution in [0.2, 0.25) is 0 Å². The summed E-state index contributed by atoms with van der Waals surface area (Å²) in [5.41, 5.74) is 0. The largest absolute Gasteiger partial charge is 0.385 e. The van der Waals surface area contributed by atoms with Crippen molar-refractivity contribution in [1.29, 1.82) is 5.26 Å². The van der Waals surface area contributed by atoms with E-state index in [4.69, 9.17) is 10.00 Å². The highest BCUT2D eigenvalue weighted by Crippen LogP contribution is 1.96. The fourth-order valence-electron chi connectivity index (χ4n) is 1.47. The molecule has 0 rings (SSSR count). The van der Waals surface area contributed by atoms with Crippen LogP contribution in [-0.2, 0) is 4.74 Å². The molecule has 1 unspecified atom stereocenters. The summed E-state index contributed by atoms with van der Waals surface area (Å²) in [6.07, 6.45) is 3.01. The number of nitrogens with one attached hydrogen (secondary N) is 1. The molecule has 94 valence electrons. The van der Waals surface area contributed by atoms with Gasteiger partial charge in [0.05, 0.1) is 12.1 Å². The van der Waals surface area contributed by atoms with Crippen LogP contribution < -0.4 is 5.32 Å². The number of methoxy groups -OCH3 is 1. The zero-order chi connectivity index (χ0) is 12.2. The molecule has 0 aromatic rings. The first-order valence-corrected chi connectivity index (χ1v) is 6.05. The maximum atomic E-state index is 8.93. The number of hydrogen-bond acceptors (Lipinski definition) is 4. The van der Waals surface area contributed by atoms with Crippen molar-refractivity contribution in [2.75, 3.05) is 40.4 Å². The second-order valence-corrected chi connectivity index (χ2v) is 4.07. The molecule has 1 atom stereocenters. The molecule has 0 fully saturated rings. The van der Waals surface area contributed by atoms with E-state index < -0.39 is 0 Å². The maximum absolute atomic E-state index is 8.93. The lowest BCUT2D eigenvalue weighted by atomic mass is 10.2. The molecule has 0 amide bonds. The molecular formula is C12H25N3O. The average molecular weight is 227 g/mol. The highest BCUT2D eigenvalue weighted by atomic mass is 16.5. The van der Waals surface area contributed by atoms with Crippen molar-refractivity contribution in [1.82, 2.24) is 10.2 Å². The van der Waals surface area contributed by atoms with Gasteiger partial charge in [-0.2, -0.15) is 5.26 Å². The van der Waals surface area contributed by atoms with E-state index in [0.717, 1.165) is 45.5 Å². The second kappa shape index (κ2) is 10.9. The summed E-state index contributed by atoms with van der Waals surface area (Å²) >= 11 is 0. The number of rotatable bonds is 10. The van der Waals surface area contributed by atoms with Crippen molar-refractivity contribution >= 4 is 0 Å². The topological polar surface area (TPSA) is 48.3 Å². The van der Waals surface area contributed by atoms with Gasteiger partial charge in [-0.25, -0.2) is 0 Å². The minimum absolute atomic E-state index is 0.00942. The molecule has 0 saturated heterocycles. The summed E-state index contributed by atoms with van der Waals surface area (Å²) < 4.78 is 5.00. The Morgan fingerprint density at radius 2 is 2.19 bits per heavy atom. The average Bonchev–Trinajstić information content (AvgIpc) is 2.30. The van der Waals surface area contributed by atoms with Gasteiger partial charge in [0.15, 0.2) is 0 Å². The minimum atomic E-state index is -0.00942. The minimum Gasteiger partial charge on any atom is -0.385 e. The quantitative estimate of drug-likeness (QED) is 0.570. The van der Waals surface area contributed by atoms with Gasteiger partial charge in [0.2, 0.25) is 0 Å². The molecule has 0 aromatic carbocycles. The normalized spacial score (nSPS) is 12.7. The second-order valence-electron chi connectivity index (χ2n) is 4.07. The van der Waals surface area contributed by atoms with E-state index in [1.165, 1.54) is 0 Å². The fourth-order valence-corrected chi connectivity index (χ4v) is 1.47. The summed E-state index contributed by atoms with van der Waals surface area (Å²) in [4.78, 5) is 2.25.